The Hall–Kier alpha value is -1.68. The normalized spacial score (nSPS) is 12.5. The number of aliphatic hydroxyl groups excluding tert-OH is 1. The standard InChI is InChI=1S/C18H23NO2/c1-19(12-16-8-4-2-5-9-16)13-18(20)15-21-14-17-10-6-3-7-11-17/h2-11,18,20H,12-15H2,1H3/t18-/m0/s1. The van der Waals surface area contributed by atoms with E-state index in [9.17, 15) is 5.11 Å². The highest BCUT2D eigenvalue weighted by molar-refractivity contribution is 5.14. The lowest BCUT2D eigenvalue weighted by atomic mass is 10.2. The van der Waals surface area contributed by atoms with E-state index in [0.717, 1.165) is 12.1 Å². The molecular weight excluding hydrogens is 262 g/mol. The van der Waals surface area contributed by atoms with E-state index in [1.54, 1.807) is 0 Å². The van der Waals surface area contributed by atoms with Gasteiger partial charge in [-0.3, -0.25) is 4.90 Å². The van der Waals surface area contributed by atoms with Crippen LogP contribution in [0, 0.1) is 0 Å². The maximum absolute atomic E-state index is 10.0. The first-order valence-corrected chi connectivity index (χ1v) is 7.26. The smallest absolute Gasteiger partial charge is 0.0900 e. The summed E-state index contributed by atoms with van der Waals surface area (Å²) in [6, 6.07) is 20.3. The summed E-state index contributed by atoms with van der Waals surface area (Å²) in [5.74, 6) is 0. The first-order valence-electron chi connectivity index (χ1n) is 7.26. The Bertz CT molecular complexity index is 501. The molecule has 21 heavy (non-hydrogen) atoms. The molecule has 2 aromatic carbocycles. The molecule has 0 saturated carbocycles. The average molecular weight is 285 g/mol. The maximum Gasteiger partial charge on any atom is 0.0900 e. The van der Waals surface area contributed by atoms with E-state index >= 15 is 0 Å². The third-order valence-electron chi connectivity index (χ3n) is 3.24. The van der Waals surface area contributed by atoms with Gasteiger partial charge < -0.3 is 9.84 Å². The molecule has 2 rings (SSSR count). The first kappa shape index (κ1) is 15.7. The van der Waals surface area contributed by atoms with Crippen molar-refractivity contribution in [2.24, 2.45) is 0 Å². The zero-order chi connectivity index (χ0) is 14.9. The highest BCUT2D eigenvalue weighted by atomic mass is 16.5. The molecule has 1 N–H and O–H groups in total. The third kappa shape index (κ3) is 6.08. The van der Waals surface area contributed by atoms with E-state index in [2.05, 4.69) is 17.0 Å². The van der Waals surface area contributed by atoms with Crippen LogP contribution in [-0.2, 0) is 17.9 Å². The lowest BCUT2D eigenvalue weighted by Crippen LogP contribution is -2.31. The number of aliphatic hydroxyl groups is 1. The lowest BCUT2D eigenvalue weighted by Gasteiger charge is -2.20. The van der Waals surface area contributed by atoms with Crippen molar-refractivity contribution in [2.75, 3.05) is 20.2 Å². The van der Waals surface area contributed by atoms with Crippen LogP contribution in [0.2, 0.25) is 0 Å². The molecule has 0 heterocycles. The van der Waals surface area contributed by atoms with Gasteiger partial charge in [-0.25, -0.2) is 0 Å². The van der Waals surface area contributed by atoms with Gasteiger partial charge in [0.15, 0.2) is 0 Å². The summed E-state index contributed by atoms with van der Waals surface area (Å²) in [7, 11) is 2.01. The van der Waals surface area contributed by atoms with Gasteiger partial charge in [0.2, 0.25) is 0 Å². The van der Waals surface area contributed by atoms with Gasteiger partial charge in [0.05, 0.1) is 19.3 Å². The largest absolute Gasteiger partial charge is 0.389 e. The van der Waals surface area contributed by atoms with E-state index < -0.39 is 6.10 Å². The van der Waals surface area contributed by atoms with Crippen molar-refractivity contribution in [3.8, 4) is 0 Å². The number of benzene rings is 2. The highest BCUT2D eigenvalue weighted by Crippen LogP contribution is 2.04. The molecule has 0 aliphatic heterocycles. The minimum Gasteiger partial charge on any atom is -0.389 e. The molecule has 0 bridgehead atoms. The van der Waals surface area contributed by atoms with Gasteiger partial charge in [-0.2, -0.15) is 0 Å². The van der Waals surface area contributed by atoms with Crippen molar-refractivity contribution in [2.45, 2.75) is 19.3 Å². The Morgan fingerprint density at radius 3 is 2.14 bits per heavy atom. The molecule has 0 amide bonds. The second-order valence-electron chi connectivity index (χ2n) is 5.34. The van der Waals surface area contributed by atoms with Gasteiger partial charge >= 0.3 is 0 Å². The van der Waals surface area contributed by atoms with Crippen molar-refractivity contribution in [1.29, 1.82) is 0 Å². The molecule has 0 aromatic heterocycles. The molecule has 112 valence electrons. The zero-order valence-electron chi connectivity index (χ0n) is 12.5. The van der Waals surface area contributed by atoms with Crippen molar-refractivity contribution >= 4 is 0 Å². The second kappa shape index (κ2) is 8.57. The molecule has 3 heteroatoms. The van der Waals surface area contributed by atoms with Gasteiger partial charge in [0.1, 0.15) is 0 Å². The number of likely N-dealkylation sites (N-methyl/N-ethyl adjacent to an activating group) is 1. The Morgan fingerprint density at radius 2 is 1.52 bits per heavy atom. The number of ether oxygens (including phenoxy) is 1. The Labute approximate surface area is 126 Å². The minimum atomic E-state index is -0.470. The van der Waals surface area contributed by atoms with Crippen LogP contribution in [0.25, 0.3) is 0 Å². The molecule has 0 saturated heterocycles. The SMILES string of the molecule is CN(Cc1ccccc1)C[C@H](O)COCc1ccccc1. The van der Waals surface area contributed by atoms with E-state index in [-0.39, 0.29) is 0 Å². The van der Waals surface area contributed by atoms with E-state index in [1.165, 1.54) is 5.56 Å². The van der Waals surface area contributed by atoms with E-state index in [1.807, 2.05) is 55.6 Å². The number of hydrogen-bond acceptors (Lipinski definition) is 3. The number of nitrogens with zero attached hydrogens (tertiary/aromatic N) is 1. The zero-order valence-corrected chi connectivity index (χ0v) is 12.5. The summed E-state index contributed by atoms with van der Waals surface area (Å²) in [6.45, 7) is 2.33. The summed E-state index contributed by atoms with van der Waals surface area (Å²) in [4.78, 5) is 2.10. The minimum absolute atomic E-state index is 0.355. The highest BCUT2D eigenvalue weighted by Gasteiger charge is 2.09. The first-order chi connectivity index (χ1) is 10.2. The second-order valence-corrected chi connectivity index (χ2v) is 5.34. The lowest BCUT2D eigenvalue weighted by molar-refractivity contribution is 0.0127. The van der Waals surface area contributed by atoms with Gasteiger partial charge in [0, 0.05) is 13.1 Å². The summed E-state index contributed by atoms with van der Waals surface area (Å²) >= 11 is 0. The molecule has 2 aromatic rings. The van der Waals surface area contributed by atoms with Gasteiger partial charge in [0.25, 0.3) is 0 Å². The van der Waals surface area contributed by atoms with Crippen LogP contribution in [-0.4, -0.2) is 36.3 Å². The Kier molecular flexibility index (Phi) is 6.41. The van der Waals surface area contributed by atoms with Crippen molar-refractivity contribution in [3.05, 3.63) is 71.8 Å². The molecule has 0 radical (unpaired) electrons. The maximum atomic E-state index is 10.0. The monoisotopic (exact) mass is 285 g/mol. The summed E-state index contributed by atoms with van der Waals surface area (Å²) < 4.78 is 5.56. The van der Waals surface area contributed by atoms with E-state index in [4.69, 9.17) is 4.74 Å². The van der Waals surface area contributed by atoms with Gasteiger partial charge in [-0.15, -0.1) is 0 Å². The fourth-order valence-electron chi connectivity index (χ4n) is 2.26. The summed E-state index contributed by atoms with van der Waals surface area (Å²) in [5, 5.41) is 10.0. The Balaban J connectivity index is 1.66. The van der Waals surface area contributed by atoms with E-state index in [0.29, 0.717) is 19.8 Å². The molecule has 0 aliphatic carbocycles. The average Bonchev–Trinajstić information content (AvgIpc) is 2.49. The van der Waals surface area contributed by atoms with Crippen LogP contribution in [0.15, 0.2) is 60.7 Å². The van der Waals surface area contributed by atoms with Crippen molar-refractivity contribution in [3.63, 3.8) is 0 Å². The van der Waals surface area contributed by atoms with Crippen LogP contribution in [0.1, 0.15) is 11.1 Å². The molecule has 0 unspecified atom stereocenters. The third-order valence-corrected chi connectivity index (χ3v) is 3.24. The van der Waals surface area contributed by atoms with Gasteiger partial charge in [-0.05, 0) is 18.2 Å². The van der Waals surface area contributed by atoms with Gasteiger partial charge in [-0.1, -0.05) is 60.7 Å². The summed E-state index contributed by atoms with van der Waals surface area (Å²) in [6.07, 6.45) is -0.470. The number of rotatable bonds is 8. The van der Waals surface area contributed by atoms with Crippen LogP contribution in [0.5, 0.6) is 0 Å². The van der Waals surface area contributed by atoms with Crippen molar-refractivity contribution in [1.82, 2.24) is 4.90 Å². The predicted octanol–water partition coefficient (Wildman–Crippen LogP) is 2.70. The van der Waals surface area contributed by atoms with Crippen LogP contribution >= 0.6 is 0 Å². The summed E-state index contributed by atoms with van der Waals surface area (Å²) in [5.41, 5.74) is 2.37. The molecule has 0 fully saturated rings. The predicted molar refractivity (Wildman–Crippen MR) is 84.9 cm³/mol. The van der Waals surface area contributed by atoms with Crippen molar-refractivity contribution < 1.29 is 9.84 Å². The van der Waals surface area contributed by atoms with Crippen LogP contribution in [0.4, 0.5) is 0 Å². The fourth-order valence-corrected chi connectivity index (χ4v) is 2.26. The van der Waals surface area contributed by atoms with Crippen LogP contribution in [0.3, 0.4) is 0 Å². The van der Waals surface area contributed by atoms with Crippen LogP contribution < -0.4 is 0 Å². The Morgan fingerprint density at radius 1 is 0.952 bits per heavy atom. The fraction of sp³-hybridized carbons (Fsp3) is 0.333. The molecule has 0 spiro atoms. The molecule has 1 atom stereocenters. The molecule has 3 nitrogen and oxygen atoms in total. The molecule has 0 aliphatic rings. The molecular formula is C18H23NO2. The number of hydrogen-bond donors (Lipinski definition) is 1. The topological polar surface area (TPSA) is 32.7 Å². The quantitative estimate of drug-likeness (QED) is 0.809.